The highest BCUT2D eigenvalue weighted by atomic mass is 35.5. The molecule has 0 unspecified atom stereocenters. The molecule has 1 aliphatic heterocycles. The Morgan fingerprint density at radius 3 is 2.57 bits per heavy atom. The fraction of sp³-hybridized carbons (Fsp3) is 0.333. The first-order chi connectivity index (χ1) is 17.6. The number of benzene rings is 1. The number of amides is 2. The van der Waals surface area contributed by atoms with Crippen LogP contribution >= 0.6 is 46.6 Å². The fourth-order valence-electron chi connectivity index (χ4n) is 3.56. The van der Waals surface area contributed by atoms with Crippen LogP contribution in [0.4, 0.5) is 5.69 Å². The number of anilines is 1. The Labute approximate surface area is 233 Å². The van der Waals surface area contributed by atoms with E-state index in [0.29, 0.717) is 0 Å². The summed E-state index contributed by atoms with van der Waals surface area (Å²) in [6.45, 7) is 3.87. The van der Waals surface area contributed by atoms with E-state index < -0.39 is 17.4 Å². The van der Waals surface area contributed by atoms with E-state index in [1.165, 1.54) is 36.2 Å². The molecule has 3 aromatic rings. The van der Waals surface area contributed by atoms with Gasteiger partial charge in [-0.2, -0.15) is 11.8 Å². The number of pyridine rings is 1. The molecule has 0 bridgehead atoms. The van der Waals surface area contributed by atoms with E-state index in [9.17, 15) is 9.59 Å². The predicted octanol–water partition coefficient (Wildman–Crippen LogP) is 5.13. The molecule has 1 aromatic carbocycles. The van der Waals surface area contributed by atoms with Gasteiger partial charge in [0.2, 0.25) is 5.88 Å². The summed E-state index contributed by atoms with van der Waals surface area (Å²) in [5.74, 6) is 1.05. The van der Waals surface area contributed by atoms with Crippen molar-refractivity contribution in [2.75, 3.05) is 30.5 Å². The lowest BCUT2D eigenvalue weighted by Gasteiger charge is -2.26. The smallest absolute Gasteiger partial charge is 0.274 e. The Hall–Kier alpha value is -2.50. The fourth-order valence-corrected chi connectivity index (χ4v) is 4.86. The zero-order valence-electron chi connectivity index (χ0n) is 20.2. The molecule has 37 heavy (non-hydrogen) atoms. The molecule has 3 heterocycles. The van der Waals surface area contributed by atoms with E-state index >= 15 is 0 Å². The molecule has 196 valence electrons. The lowest BCUT2D eigenvalue weighted by atomic mass is 10.1. The average Bonchev–Trinajstić information content (AvgIpc) is 3.21. The van der Waals surface area contributed by atoms with Crippen LogP contribution in [-0.2, 0) is 4.74 Å². The van der Waals surface area contributed by atoms with Crippen LogP contribution in [0.25, 0.3) is 5.82 Å². The van der Waals surface area contributed by atoms with E-state index in [-0.39, 0.29) is 56.4 Å². The number of nitrogens with zero attached hydrogens (tertiary/aromatic N) is 3. The molecular weight excluding hydrogens is 561 g/mol. The van der Waals surface area contributed by atoms with Gasteiger partial charge in [0.25, 0.3) is 11.8 Å². The van der Waals surface area contributed by atoms with Crippen LogP contribution in [0.3, 0.4) is 0 Å². The summed E-state index contributed by atoms with van der Waals surface area (Å²) in [4.78, 5) is 31.0. The molecular formula is C24H24Cl3N5O4S. The number of nitrogens with one attached hydrogen (secondary N) is 2. The third-order valence-electron chi connectivity index (χ3n) is 5.25. The maximum atomic E-state index is 13.6. The zero-order valence-corrected chi connectivity index (χ0v) is 23.3. The summed E-state index contributed by atoms with van der Waals surface area (Å²) < 4.78 is 12.4. The van der Waals surface area contributed by atoms with E-state index in [1.54, 1.807) is 37.7 Å². The normalized spacial score (nSPS) is 13.7. The van der Waals surface area contributed by atoms with Gasteiger partial charge in [0.15, 0.2) is 5.82 Å². The number of hydrogen-bond acceptors (Lipinski definition) is 7. The molecule has 0 spiro atoms. The number of halogens is 3. The molecule has 0 saturated carbocycles. The second kappa shape index (κ2) is 11.5. The Balaban J connectivity index is 1.70. The van der Waals surface area contributed by atoms with Gasteiger partial charge in [-0.3, -0.25) is 9.59 Å². The highest BCUT2D eigenvalue weighted by molar-refractivity contribution is 8.00. The van der Waals surface area contributed by atoms with E-state index in [4.69, 9.17) is 44.3 Å². The second-order valence-electron chi connectivity index (χ2n) is 8.90. The largest absolute Gasteiger partial charge is 0.472 e. The van der Waals surface area contributed by atoms with Crippen LogP contribution in [0.15, 0.2) is 36.5 Å². The molecule has 0 aliphatic carbocycles. The van der Waals surface area contributed by atoms with Crippen molar-refractivity contribution in [2.45, 2.75) is 25.5 Å². The van der Waals surface area contributed by atoms with E-state index in [2.05, 4.69) is 20.7 Å². The van der Waals surface area contributed by atoms with Gasteiger partial charge in [-0.05, 0) is 38.1 Å². The number of ether oxygens (including phenoxy) is 2. The van der Waals surface area contributed by atoms with Crippen LogP contribution < -0.4 is 15.4 Å². The first-order valence-electron chi connectivity index (χ1n) is 11.1. The number of carbonyl (C=O) groups excluding carboxylic acids is 2. The van der Waals surface area contributed by atoms with Gasteiger partial charge in [-0.1, -0.05) is 34.8 Å². The van der Waals surface area contributed by atoms with Gasteiger partial charge >= 0.3 is 0 Å². The van der Waals surface area contributed by atoms with Crippen LogP contribution in [0.1, 0.15) is 34.7 Å². The maximum Gasteiger partial charge on any atom is 0.274 e. The molecule has 0 atom stereocenters. The minimum Gasteiger partial charge on any atom is -0.472 e. The standard InChI is InChI=1S/C24H24Cl3N5O4S/c1-24(2,12-35-3)30-22(33)15-7-13(25)8-17(27)20(15)29-23(34)18-9-19(36-14-10-37-11-14)31-32(18)21-16(26)5-4-6-28-21/h4-9,14H,10-12H2,1-3H3,(H,29,34)(H,30,33). The Kier molecular flexibility index (Phi) is 8.55. The monoisotopic (exact) mass is 583 g/mol. The molecule has 2 N–H and O–H groups in total. The molecule has 1 aliphatic rings. The van der Waals surface area contributed by atoms with Gasteiger partial charge in [-0.25, -0.2) is 9.67 Å². The summed E-state index contributed by atoms with van der Waals surface area (Å²) in [6.07, 6.45) is 1.54. The Morgan fingerprint density at radius 1 is 1.16 bits per heavy atom. The van der Waals surface area contributed by atoms with Crippen molar-refractivity contribution >= 4 is 64.1 Å². The highest BCUT2D eigenvalue weighted by Gasteiger charge is 2.28. The summed E-state index contributed by atoms with van der Waals surface area (Å²) >= 11 is 20.7. The van der Waals surface area contributed by atoms with Gasteiger partial charge in [0, 0.05) is 35.9 Å². The van der Waals surface area contributed by atoms with Gasteiger partial charge in [0.1, 0.15) is 11.8 Å². The van der Waals surface area contributed by atoms with Crippen LogP contribution in [0.5, 0.6) is 5.88 Å². The first-order valence-corrected chi connectivity index (χ1v) is 13.4. The molecule has 4 rings (SSSR count). The van der Waals surface area contributed by atoms with Crippen LogP contribution in [0.2, 0.25) is 15.1 Å². The molecule has 1 fully saturated rings. The number of rotatable bonds is 9. The van der Waals surface area contributed by atoms with Crippen LogP contribution in [-0.4, -0.2) is 63.4 Å². The zero-order chi connectivity index (χ0) is 26.7. The van der Waals surface area contributed by atoms with Crippen molar-refractivity contribution < 1.29 is 19.1 Å². The number of thioether (sulfide) groups is 1. The first kappa shape index (κ1) is 27.5. The number of aromatic nitrogens is 3. The molecule has 2 aromatic heterocycles. The van der Waals surface area contributed by atoms with Crippen molar-refractivity contribution in [1.82, 2.24) is 20.1 Å². The quantitative estimate of drug-likeness (QED) is 0.359. The maximum absolute atomic E-state index is 13.6. The predicted molar refractivity (Wildman–Crippen MR) is 146 cm³/mol. The molecule has 13 heteroatoms. The van der Waals surface area contributed by atoms with Crippen molar-refractivity contribution in [2.24, 2.45) is 0 Å². The lowest BCUT2D eigenvalue weighted by molar-refractivity contribution is 0.0821. The summed E-state index contributed by atoms with van der Waals surface area (Å²) in [5.41, 5.74) is -0.443. The minimum absolute atomic E-state index is 0.0000662. The Morgan fingerprint density at radius 2 is 1.92 bits per heavy atom. The average molecular weight is 585 g/mol. The Bertz CT molecular complexity index is 1330. The SMILES string of the molecule is COCC(C)(C)NC(=O)c1cc(Cl)cc(Cl)c1NC(=O)c1cc(OC2CSC2)nn1-c1ncccc1Cl. The topological polar surface area (TPSA) is 107 Å². The lowest BCUT2D eigenvalue weighted by Crippen LogP contribution is -2.47. The van der Waals surface area contributed by atoms with Crippen molar-refractivity contribution in [1.29, 1.82) is 0 Å². The summed E-state index contributed by atoms with van der Waals surface area (Å²) in [5, 5.41) is 10.6. The van der Waals surface area contributed by atoms with E-state index in [1.807, 2.05) is 0 Å². The molecule has 0 radical (unpaired) electrons. The minimum atomic E-state index is -0.692. The summed E-state index contributed by atoms with van der Waals surface area (Å²) in [7, 11) is 1.54. The van der Waals surface area contributed by atoms with Gasteiger partial charge in [-0.15, -0.1) is 5.10 Å². The third-order valence-corrected chi connectivity index (χ3v) is 7.28. The van der Waals surface area contributed by atoms with Crippen molar-refractivity contribution in [3.8, 4) is 11.7 Å². The van der Waals surface area contributed by atoms with Crippen molar-refractivity contribution in [3.63, 3.8) is 0 Å². The highest BCUT2D eigenvalue weighted by Crippen LogP contribution is 2.32. The number of hydrogen-bond donors (Lipinski definition) is 2. The van der Waals surface area contributed by atoms with Gasteiger partial charge in [0.05, 0.1) is 33.4 Å². The number of carbonyl (C=O) groups is 2. The third kappa shape index (κ3) is 6.50. The van der Waals surface area contributed by atoms with Gasteiger partial charge < -0.3 is 20.1 Å². The molecule has 2 amide bonds. The second-order valence-corrected chi connectivity index (χ2v) is 11.2. The van der Waals surface area contributed by atoms with Crippen molar-refractivity contribution in [3.05, 3.63) is 62.9 Å². The number of methoxy groups -OCH3 is 1. The van der Waals surface area contributed by atoms with Crippen LogP contribution in [0, 0.1) is 0 Å². The molecule has 9 nitrogen and oxygen atoms in total. The molecule has 1 saturated heterocycles. The summed E-state index contributed by atoms with van der Waals surface area (Å²) in [6, 6.07) is 7.66. The van der Waals surface area contributed by atoms with E-state index in [0.717, 1.165) is 11.5 Å².